The Morgan fingerprint density at radius 1 is 0.973 bits per heavy atom. The summed E-state index contributed by atoms with van der Waals surface area (Å²) in [5, 5.41) is 3.73. The van der Waals surface area contributed by atoms with Crippen LogP contribution < -0.4 is 14.9 Å². The van der Waals surface area contributed by atoms with Crippen molar-refractivity contribution in [3.05, 3.63) is 96.2 Å². The molecule has 1 fully saturated rings. The second-order valence-electron chi connectivity index (χ2n) is 9.51. The van der Waals surface area contributed by atoms with Crippen LogP contribution in [0.1, 0.15) is 35.7 Å². The lowest BCUT2D eigenvalue weighted by atomic mass is 9.98. The van der Waals surface area contributed by atoms with Gasteiger partial charge in [-0.25, -0.2) is 8.42 Å². The zero-order valence-electron chi connectivity index (χ0n) is 20.7. The van der Waals surface area contributed by atoms with Crippen molar-refractivity contribution < 1.29 is 13.2 Å². The van der Waals surface area contributed by atoms with Gasteiger partial charge in [-0.15, -0.1) is 0 Å². The Morgan fingerprint density at radius 3 is 2.51 bits per heavy atom. The number of anilines is 2. The van der Waals surface area contributed by atoms with Crippen molar-refractivity contribution in [2.45, 2.75) is 31.2 Å². The van der Waals surface area contributed by atoms with Crippen molar-refractivity contribution in [3.8, 4) is 0 Å². The third-order valence-electron chi connectivity index (χ3n) is 6.80. The van der Waals surface area contributed by atoms with Crippen molar-refractivity contribution in [1.82, 2.24) is 10.3 Å². The summed E-state index contributed by atoms with van der Waals surface area (Å²) in [6, 6.07) is 23.5. The molecule has 0 bridgehead atoms. The predicted molar refractivity (Wildman–Crippen MR) is 147 cm³/mol. The van der Waals surface area contributed by atoms with Crippen LogP contribution in [0.25, 0.3) is 10.9 Å². The molecule has 7 nitrogen and oxygen atoms in total. The van der Waals surface area contributed by atoms with E-state index in [0.717, 1.165) is 42.6 Å². The first kappa shape index (κ1) is 24.8. The molecular weight excluding hydrogens is 484 g/mol. The van der Waals surface area contributed by atoms with Crippen molar-refractivity contribution in [2.24, 2.45) is 5.92 Å². The van der Waals surface area contributed by atoms with Gasteiger partial charge in [0.15, 0.2) is 0 Å². The van der Waals surface area contributed by atoms with E-state index in [-0.39, 0.29) is 10.8 Å². The summed E-state index contributed by atoms with van der Waals surface area (Å²) in [6.45, 7) is 4.33. The maximum Gasteiger partial charge on any atom is 0.264 e. The summed E-state index contributed by atoms with van der Waals surface area (Å²) < 4.78 is 29.4. The Hall–Kier alpha value is -3.91. The fourth-order valence-electron chi connectivity index (χ4n) is 4.68. The summed E-state index contributed by atoms with van der Waals surface area (Å²) in [7, 11) is -3.94. The quantitative estimate of drug-likeness (QED) is 0.354. The van der Waals surface area contributed by atoms with Gasteiger partial charge in [-0.05, 0) is 54.7 Å². The molecule has 2 heterocycles. The highest BCUT2D eigenvalue weighted by Gasteiger charge is 2.24. The largest absolute Gasteiger partial charge is 0.371 e. The van der Waals surface area contributed by atoms with E-state index in [0.29, 0.717) is 29.2 Å². The number of piperidine rings is 1. The third kappa shape index (κ3) is 5.59. The molecule has 1 aliphatic rings. The van der Waals surface area contributed by atoms with Gasteiger partial charge in [-0.2, -0.15) is 0 Å². The minimum Gasteiger partial charge on any atom is -0.371 e. The standard InChI is InChI=1S/C29H30N4O3S/c1-21-14-17-33(18-15-21)26-13-12-24(19-25(26)29(34)31-20-22-7-3-2-4-8-22)32-37(35,36)27-11-5-9-23-10-6-16-30-28(23)27/h2-13,16,19,21,32H,14-15,17-18,20H2,1H3,(H,31,34). The van der Waals surface area contributed by atoms with Crippen LogP contribution in [-0.2, 0) is 16.6 Å². The highest BCUT2D eigenvalue weighted by atomic mass is 32.2. The Balaban J connectivity index is 1.46. The number of pyridine rings is 1. The Kier molecular flexibility index (Phi) is 7.10. The lowest BCUT2D eigenvalue weighted by Crippen LogP contribution is -2.35. The van der Waals surface area contributed by atoms with Crippen LogP contribution >= 0.6 is 0 Å². The molecule has 0 radical (unpaired) electrons. The molecule has 190 valence electrons. The van der Waals surface area contributed by atoms with E-state index >= 15 is 0 Å². The minimum absolute atomic E-state index is 0.0924. The molecule has 4 aromatic rings. The average molecular weight is 515 g/mol. The Labute approximate surface area is 217 Å². The maximum atomic E-state index is 13.4. The molecule has 5 rings (SSSR count). The second kappa shape index (κ2) is 10.6. The summed E-state index contributed by atoms with van der Waals surface area (Å²) in [5.41, 5.74) is 2.97. The number of nitrogens with one attached hydrogen (secondary N) is 2. The van der Waals surface area contributed by atoms with Gasteiger partial charge in [0, 0.05) is 42.6 Å². The molecule has 1 aromatic heterocycles. The molecule has 0 unspecified atom stereocenters. The number of nitrogens with zero attached hydrogens (tertiary/aromatic N) is 2. The lowest BCUT2D eigenvalue weighted by molar-refractivity contribution is 0.0951. The number of aromatic nitrogens is 1. The number of benzene rings is 3. The highest BCUT2D eigenvalue weighted by molar-refractivity contribution is 7.93. The number of sulfonamides is 1. The van der Waals surface area contributed by atoms with Gasteiger partial charge in [0.2, 0.25) is 0 Å². The molecule has 37 heavy (non-hydrogen) atoms. The first-order valence-electron chi connectivity index (χ1n) is 12.5. The molecule has 1 amide bonds. The smallest absolute Gasteiger partial charge is 0.264 e. The zero-order valence-corrected chi connectivity index (χ0v) is 21.5. The van der Waals surface area contributed by atoms with E-state index in [1.54, 1.807) is 30.5 Å². The molecule has 0 aliphatic carbocycles. The van der Waals surface area contributed by atoms with Crippen LogP contribution in [0.4, 0.5) is 11.4 Å². The molecule has 8 heteroatoms. The monoisotopic (exact) mass is 514 g/mol. The Morgan fingerprint density at radius 2 is 1.73 bits per heavy atom. The number of rotatable bonds is 7. The van der Waals surface area contributed by atoms with Gasteiger partial charge in [-0.3, -0.25) is 14.5 Å². The number of hydrogen-bond donors (Lipinski definition) is 2. The summed E-state index contributed by atoms with van der Waals surface area (Å²) in [5.74, 6) is 0.400. The first-order chi connectivity index (χ1) is 17.9. The highest BCUT2D eigenvalue weighted by Crippen LogP contribution is 2.30. The van der Waals surface area contributed by atoms with Gasteiger partial charge >= 0.3 is 0 Å². The van der Waals surface area contributed by atoms with Crippen molar-refractivity contribution in [2.75, 3.05) is 22.7 Å². The van der Waals surface area contributed by atoms with E-state index < -0.39 is 10.0 Å². The van der Waals surface area contributed by atoms with E-state index in [9.17, 15) is 13.2 Å². The number of carbonyl (C=O) groups is 1. The summed E-state index contributed by atoms with van der Waals surface area (Å²) >= 11 is 0. The number of fused-ring (bicyclic) bond motifs is 1. The molecule has 2 N–H and O–H groups in total. The van der Waals surface area contributed by atoms with Gasteiger partial charge < -0.3 is 10.2 Å². The van der Waals surface area contributed by atoms with Crippen LogP contribution in [0.5, 0.6) is 0 Å². The average Bonchev–Trinajstić information content (AvgIpc) is 2.92. The minimum atomic E-state index is -3.94. The van der Waals surface area contributed by atoms with Crippen LogP contribution in [0.3, 0.4) is 0 Å². The van der Waals surface area contributed by atoms with Crippen molar-refractivity contribution in [1.29, 1.82) is 0 Å². The lowest BCUT2D eigenvalue weighted by Gasteiger charge is -2.33. The molecule has 1 saturated heterocycles. The SMILES string of the molecule is CC1CCN(c2ccc(NS(=O)(=O)c3cccc4cccnc34)cc2C(=O)NCc2ccccc2)CC1. The van der Waals surface area contributed by atoms with Crippen LogP contribution in [0.2, 0.25) is 0 Å². The molecular formula is C29H30N4O3S. The predicted octanol–water partition coefficient (Wildman–Crippen LogP) is 5.20. The fourth-order valence-corrected chi connectivity index (χ4v) is 5.91. The first-order valence-corrected chi connectivity index (χ1v) is 14.0. The van der Waals surface area contributed by atoms with Crippen LogP contribution in [-0.4, -0.2) is 32.4 Å². The van der Waals surface area contributed by atoms with E-state index in [1.165, 1.54) is 6.07 Å². The van der Waals surface area contributed by atoms with Gasteiger partial charge in [0.1, 0.15) is 4.90 Å². The number of carbonyl (C=O) groups excluding carboxylic acids is 1. The van der Waals surface area contributed by atoms with Crippen LogP contribution in [0, 0.1) is 5.92 Å². The van der Waals surface area contributed by atoms with E-state index in [4.69, 9.17) is 0 Å². The third-order valence-corrected chi connectivity index (χ3v) is 8.21. The maximum absolute atomic E-state index is 13.4. The fraction of sp³-hybridized carbons (Fsp3) is 0.241. The molecule has 0 atom stereocenters. The number of para-hydroxylation sites is 1. The normalized spacial score (nSPS) is 14.5. The number of amides is 1. The van der Waals surface area contributed by atoms with E-state index in [1.807, 2.05) is 48.5 Å². The second-order valence-corrected chi connectivity index (χ2v) is 11.2. The molecule has 0 saturated carbocycles. The van der Waals surface area contributed by atoms with Crippen LogP contribution in [0.15, 0.2) is 90.0 Å². The topological polar surface area (TPSA) is 91.4 Å². The molecule has 0 spiro atoms. The van der Waals surface area contributed by atoms with E-state index in [2.05, 4.69) is 26.8 Å². The van der Waals surface area contributed by atoms with Crippen molar-refractivity contribution >= 4 is 38.2 Å². The van der Waals surface area contributed by atoms with Gasteiger partial charge in [0.25, 0.3) is 15.9 Å². The molecule has 3 aromatic carbocycles. The zero-order chi connectivity index (χ0) is 25.8. The molecule has 1 aliphatic heterocycles. The van der Waals surface area contributed by atoms with Crippen molar-refractivity contribution in [3.63, 3.8) is 0 Å². The van der Waals surface area contributed by atoms with Gasteiger partial charge in [0.05, 0.1) is 11.1 Å². The Bertz CT molecular complexity index is 1510. The summed E-state index contributed by atoms with van der Waals surface area (Å²) in [6.07, 6.45) is 3.67. The summed E-state index contributed by atoms with van der Waals surface area (Å²) in [4.78, 5) is 20.0. The van der Waals surface area contributed by atoms with Gasteiger partial charge in [-0.1, -0.05) is 55.5 Å². The number of hydrogen-bond acceptors (Lipinski definition) is 5.